The number of carbonyl (C=O) groups is 1. The van der Waals surface area contributed by atoms with Gasteiger partial charge in [-0.25, -0.2) is 4.79 Å². The van der Waals surface area contributed by atoms with E-state index in [2.05, 4.69) is 0 Å². The Morgan fingerprint density at radius 2 is 1.82 bits per heavy atom. The lowest BCUT2D eigenvalue weighted by Gasteiger charge is -2.11. The summed E-state index contributed by atoms with van der Waals surface area (Å²) in [5, 5.41) is 12.9. The fraction of sp³-hybridized carbons (Fsp3) is 0.136. The van der Waals surface area contributed by atoms with Crippen LogP contribution in [-0.4, -0.2) is 18.0 Å². The average Bonchev–Trinajstić information content (AvgIpc) is 2.71. The van der Waals surface area contributed by atoms with E-state index in [-0.39, 0.29) is 5.69 Å². The molecule has 142 valence electrons. The molecule has 1 atom stereocenters. The van der Waals surface area contributed by atoms with E-state index in [0.717, 1.165) is 22.1 Å². The first-order valence-corrected chi connectivity index (χ1v) is 8.67. The summed E-state index contributed by atoms with van der Waals surface area (Å²) in [4.78, 5) is 22.5. The largest absolute Gasteiger partial charge is 0.497 e. The molecule has 0 heterocycles. The van der Waals surface area contributed by atoms with Crippen LogP contribution in [0.4, 0.5) is 5.69 Å². The molecule has 0 aliphatic heterocycles. The van der Waals surface area contributed by atoms with E-state index in [1.54, 1.807) is 32.2 Å². The zero-order valence-corrected chi connectivity index (χ0v) is 15.5. The number of methoxy groups -OCH3 is 1. The first-order valence-electron chi connectivity index (χ1n) is 8.67. The van der Waals surface area contributed by atoms with Crippen LogP contribution in [0.3, 0.4) is 0 Å². The highest BCUT2D eigenvalue weighted by atomic mass is 16.6. The summed E-state index contributed by atoms with van der Waals surface area (Å²) >= 11 is 0. The van der Waals surface area contributed by atoms with Crippen LogP contribution in [0, 0.1) is 10.1 Å². The minimum atomic E-state index is -0.596. The Kier molecular flexibility index (Phi) is 5.69. The number of nitro benzene ring substituents is 1. The molecule has 0 aromatic heterocycles. The molecule has 0 radical (unpaired) electrons. The summed E-state index contributed by atoms with van der Waals surface area (Å²) in [7, 11) is 1.62. The number of benzene rings is 3. The van der Waals surface area contributed by atoms with Gasteiger partial charge >= 0.3 is 5.97 Å². The first-order chi connectivity index (χ1) is 13.5. The van der Waals surface area contributed by atoms with Crippen LogP contribution in [0.1, 0.15) is 24.2 Å². The molecule has 0 saturated heterocycles. The van der Waals surface area contributed by atoms with Gasteiger partial charge in [-0.05, 0) is 53.1 Å². The van der Waals surface area contributed by atoms with E-state index in [1.807, 2.05) is 36.4 Å². The Morgan fingerprint density at radius 1 is 1.07 bits per heavy atom. The van der Waals surface area contributed by atoms with Gasteiger partial charge < -0.3 is 9.47 Å². The van der Waals surface area contributed by atoms with Crippen molar-refractivity contribution in [2.24, 2.45) is 0 Å². The third-order valence-electron chi connectivity index (χ3n) is 4.33. The lowest BCUT2D eigenvalue weighted by molar-refractivity contribution is -0.385. The molecule has 0 saturated carbocycles. The second kappa shape index (κ2) is 8.35. The molecule has 0 fully saturated rings. The summed E-state index contributed by atoms with van der Waals surface area (Å²) in [6.45, 7) is 1.67. The van der Waals surface area contributed by atoms with Crippen molar-refractivity contribution in [2.45, 2.75) is 13.0 Å². The van der Waals surface area contributed by atoms with Crippen molar-refractivity contribution in [1.29, 1.82) is 0 Å². The molecule has 0 spiro atoms. The van der Waals surface area contributed by atoms with Crippen molar-refractivity contribution >= 4 is 28.5 Å². The van der Waals surface area contributed by atoms with Crippen LogP contribution in [0.5, 0.6) is 5.75 Å². The van der Waals surface area contributed by atoms with Crippen molar-refractivity contribution in [3.63, 3.8) is 0 Å². The molecule has 0 amide bonds. The Balaban J connectivity index is 1.68. The molecule has 0 bridgehead atoms. The SMILES string of the molecule is COc1ccc2cc(/C=C/C(=O)OC(C)c3cccc([N+](=O)[O-])c3)ccc2c1. The minimum Gasteiger partial charge on any atom is -0.497 e. The maximum Gasteiger partial charge on any atom is 0.331 e. The quantitative estimate of drug-likeness (QED) is 0.259. The minimum absolute atomic E-state index is 0.0382. The Morgan fingerprint density at radius 3 is 2.57 bits per heavy atom. The fourth-order valence-electron chi connectivity index (χ4n) is 2.81. The van der Waals surface area contributed by atoms with Crippen LogP contribution >= 0.6 is 0 Å². The molecule has 6 nitrogen and oxygen atoms in total. The average molecular weight is 377 g/mol. The molecule has 0 aliphatic rings. The van der Waals surface area contributed by atoms with E-state index in [4.69, 9.17) is 9.47 Å². The lowest BCUT2D eigenvalue weighted by atomic mass is 10.1. The number of ether oxygens (including phenoxy) is 2. The van der Waals surface area contributed by atoms with Crippen LogP contribution in [0.25, 0.3) is 16.8 Å². The molecule has 3 aromatic rings. The second-order valence-corrected chi connectivity index (χ2v) is 6.24. The number of rotatable bonds is 6. The zero-order chi connectivity index (χ0) is 20.1. The highest BCUT2D eigenvalue weighted by Crippen LogP contribution is 2.23. The Bertz CT molecular complexity index is 1060. The van der Waals surface area contributed by atoms with Gasteiger partial charge in [-0.1, -0.05) is 30.3 Å². The summed E-state index contributed by atoms with van der Waals surface area (Å²) in [5.74, 6) is 0.267. The highest BCUT2D eigenvalue weighted by molar-refractivity contribution is 5.90. The standard InChI is InChI=1S/C22H19NO5/c1-15(17-4-3-5-20(13-17)23(25)26)28-22(24)11-7-16-6-8-19-14-21(27-2)10-9-18(19)12-16/h3-15H,1-2H3/b11-7+. The number of hydrogen-bond donors (Lipinski definition) is 0. The van der Waals surface area contributed by atoms with Crippen LogP contribution in [-0.2, 0) is 9.53 Å². The molecule has 28 heavy (non-hydrogen) atoms. The van der Waals surface area contributed by atoms with E-state index in [0.29, 0.717) is 5.56 Å². The molecule has 6 heteroatoms. The molecular formula is C22H19NO5. The van der Waals surface area contributed by atoms with Crippen LogP contribution < -0.4 is 4.74 Å². The van der Waals surface area contributed by atoms with E-state index >= 15 is 0 Å². The van der Waals surface area contributed by atoms with Gasteiger partial charge in [-0.3, -0.25) is 10.1 Å². The van der Waals surface area contributed by atoms with E-state index < -0.39 is 17.0 Å². The number of nitrogens with zero attached hydrogens (tertiary/aromatic N) is 1. The maximum absolute atomic E-state index is 12.1. The molecule has 1 unspecified atom stereocenters. The van der Waals surface area contributed by atoms with E-state index in [9.17, 15) is 14.9 Å². The van der Waals surface area contributed by atoms with Crippen molar-refractivity contribution in [1.82, 2.24) is 0 Å². The highest BCUT2D eigenvalue weighted by Gasteiger charge is 2.13. The van der Waals surface area contributed by atoms with Crippen molar-refractivity contribution in [3.8, 4) is 5.75 Å². The molecule has 0 N–H and O–H groups in total. The van der Waals surface area contributed by atoms with Gasteiger partial charge in [0.25, 0.3) is 5.69 Å². The molecule has 3 rings (SSSR count). The van der Waals surface area contributed by atoms with Gasteiger partial charge in [0, 0.05) is 18.2 Å². The van der Waals surface area contributed by atoms with Gasteiger partial charge in [-0.15, -0.1) is 0 Å². The number of carbonyl (C=O) groups excluding carboxylic acids is 1. The maximum atomic E-state index is 12.1. The number of fused-ring (bicyclic) bond motifs is 1. The number of esters is 1. The summed E-state index contributed by atoms with van der Waals surface area (Å²) < 4.78 is 10.6. The molecule has 0 aliphatic carbocycles. The summed E-state index contributed by atoms with van der Waals surface area (Å²) in [6, 6.07) is 17.6. The van der Waals surface area contributed by atoms with Gasteiger partial charge in [0.1, 0.15) is 11.9 Å². The predicted molar refractivity (Wildman–Crippen MR) is 107 cm³/mol. The van der Waals surface area contributed by atoms with Gasteiger partial charge in [0.15, 0.2) is 0 Å². The Hall–Kier alpha value is -3.67. The zero-order valence-electron chi connectivity index (χ0n) is 15.5. The lowest BCUT2D eigenvalue weighted by Crippen LogP contribution is -2.06. The van der Waals surface area contributed by atoms with Crippen molar-refractivity contribution in [3.05, 3.63) is 88.0 Å². The van der Waals surface area contributed by atoms with E-state index in [1.165, 1.54) is 18.2 Å². The molecule has 3 aromatic carbocycles. The van der Waals surface area contributed by atoms with Crippen molar-refractivity contribution in [2.75, 3.05) is 7.11 Å². The van der Waals surface area contributed by atoms with Crippen LogP contribution in [0.15, 0.2) is 66.7 Å². The van der Waals surface area contributed by atoms with Gasteiger partial charge in [0.05, 0.1) is 12.0 Å². The third-order valence-corrected chi connectivity index (χ3v) is 4.33. The first kappa shape index (κ1) is 19.1. The summed E-state index contributed by atoms with van der Waals surface area (Å²) in [6.07, 6.45) is 2.42. The number of nitro groups is 1. The normalized spacial score (nSPS) is 12.1. The number of non-ortho nitro benzene ring substituents is 1. The topological polar surface area (TPSA) is 78.7 Å². The summed E-state index contributed by atoms with van der Waals surface area (Å²) in [5.41, 5.74) is 1.39. The second-order valence-electron chi connectivity index (χ2n) is 6.24. The van der Waals surface area contributed by atoms with Crippen LogP contribution in [0.2, 0.25) is 0 Å². The van der Waals surface area contributed by atoms with Crippen molar-refractivity contribution < 1.29 is 19.2 Å². The number of hydrogen-bond acceptors (Lipinski definition) is 5. The molecular weight excluding hydrogens is 358 g/mol. The monoisotopic (exact) mass is 377 g/mol. The predicted octanol–water partition coefficient (Wildman–Crippen LogP) is 5.07. The van der Waals surface area contributed by atoms with Gasteiger partial charge in [0.2, 0.25) is 0 Å². The third kappa shape index (κ3) is 4.54. The fourth-order valence-corrected chi connectivity index (χ4v) is 2.81. The smallest absolute Gasteiger partial charge is 0.331 e. The van der Waals surface area contributed by atoms with Gasteiger partial charge in [-0.2, -0.15) is 0 Å². The Labute approximate surface area is 162 Å².